The number of urea groups is 1. The summed E-state index contributed by atoms with van der Waals surface area (Å²) >= 11 is 0. The second-order valence-corrected chi connectivity index (χ2v) is 4.63. The highest BCUT2D eigenvalue weighted by molar-refractivity contribution is 5.76. The average Bonchev–Trinajstić information content (AvgIpc) is 2.60. The first-order valence-corrected chi connectivity index (χ1v) is 6.41. The number of rotatable bonds is 4. The Morgan fingerprint density at radius 3 is 2.89 bits per heavy atom. The second-order valence-electron chi connectivity index (χ2n) is 4.63. The average molecular weight is 258 g/mol. The molecule has 104 valence electrons. The molecule has 0 aromatic heterocycles. The summed E-state index contributed by atoms with van der Waals surface area (Å²) in [7, 11) is 0. The molecular formula is C12H22N2O4. The molecule has 1 rings (SSSR count). The van der Waals surface area contributed by atoms with Crippen LogP contribution in [0.4, 0.5) is 4.79 Å². The fraction of sp³-hybridized carbons (Fsp3) is 0.833. The first-order valence-electron chi connectivity index (χ1n) is 6.41. The van der Waals surface area contributed by atoms with Crippen LogP contribution in [0.15, 0.2) is 0 Å². The van der Waals surface area contributed by atoms with Crippen molar-refractivity contribution < 1.29 is 19.4 Å². The van der Waals surface area contributed by atoms with Crippen molar-refractivity contribution in [3.63, 3.8) is 0 Å². The lowest BCUT2D eigenvalue weighted by Gasteiger charge is -2.24. The topological polar surface area (TPSA) is 78.9 Å². The molecule has 2 N–H and O–H groups in total. The van der Waals surface area contributed by atoms with Crippen molar-refractivity contribution >= 4 is 12.0 Å². The largest absolute Gasteiger partial charge is 0.481 e. The van der Waals surface area contributed by atoms with Crippen molar-refractivity contribution in [2.45, 2.75) is 32.8 Å². The third-order valence-electron chi connectivity index (χ3n) is 3.07. The number of hydrogen-bond donors (Lipinski definition) is 2. The summed E-state index contributed by atoms with van der Waals surface area (Å²) in [5, 5.41) is 11.4. The van der Waals surface area contributed by atoms with Crippen LogP contribution in [0.5, 0.6) is 0 Å². The summed E-state index contributed by atoms with van der Waals surface area (Å²) in [5.41, 5.74) is 0. The minimum atomic E-state index is -0.902. The zero-order valence-electron chi connectivity index (χ0n) is 11.0. The van der Waals surface area contributed by atoms with Crippen LogP contribution in [0.2, 0.25) is 0 Å². The van der Waals surface area contributed by atoms with E-state index in [0.717, 1.165) is 12.8 Å². The maximum atomic E-state index is 11.9. The van der Waals surface area contributed by atoms with Gasteiger partial charge in [0.2, 0.25) is 0 Å². The van der Waals surface area contributed by atoms with Crippen molar-refractivity contribution in [3.05, 3.63) is 0 Å². The molecule has 18 heavy (non-hydrogen) atoms. The van der Waals surface area contributed by atoms with E-state index in [1.165, 1.54) is 0 Å². The molecule has 1 aliphatic heterocycles. The summed E-state index contributed by atoms with van der Waals surface area (Å²) < 4.78 is 5.58. The summed E-state index contributed by atoms with van der Waals surface area (Å²) in [6, 6.07) is -0.202. The van der Waals surface area contributed by atoms with Gasteiger partial charge in [-0.25, -0.2) is 4.79 Å². The van der Waals surface area contributed by atoms with Crippen LogP contribution < -0.4 is 5.32 Å². The van der Waals surface area contributed by atoms with Crippen LogP contribution in [0.25, 0.3) is 0 Å². The summed E-state index contributed by atoms with van der Waals surface area (Å²) in [6.45, 7) is 5.66. The fourth-order valence-corrected chi connectivity index (χ4v) is 1.77. The number of hydrogen-bond acceptors (Lipinski definition) is 3. The third kappa shape index (κ3) is 4.52. The molecule has 0 aromatic carbocycles. The van der Waals surface area contributed by atoms with Crippen molar-refractivity contribution in [1.29, 1.82) is 0 Å². The van der Waals surface area contributed by atoms with Gasteiger partial charge in [-0.1, -0.05) is 13.8 Å². The number of aliphatic carboxylic acids is 1. The predicted molar refractivity (Wildman–Crippen MR) is 66.4 cm³/mol. The number of amides is 2. The molecule has 0 aromatic rings. The minimum Gasteiger partial charge on any atom is -0.481 e. The van der Waals surface area contributed by atoms with E-state index in [9.17, 15) is 9.59 Å². The van der Waals surface area contributed by atoms with Crippen LogP contribution in [0.3, 0.4) is 0 Å². The van der Waals surface area contributed by atoms with Gasteiger partial charge in [-0.2, -0.15) is 0 Å². The molecule has 0 radical (unpaired) electrons. The van der Waals surface area contributed by atoms with E-state index >= 15 is 0 Å². The molecule has 0 bridgehead atoms. The summed E-state index contributed by atoms with van der Waals surface area (Å²) in [6.07, 6.45) is 1.77. The lowest BCUT2D eigenvalue weighted by molar-refractivity contribution is -0.140. The normalized spacial score (nSPS) is 22.1. The van der Waals surface area contributed by atoms with Crippen molar-refractivity contribution in [2.75, 3.05) is 26.2 Å². The van der Waals surface area contributed by atoms with E-state index in [2.05, 4.69) is 5.32 Å². The van der Waals surface area contributed by atoms with E-state index in [4.69, 9.17) is 9.84 Å². The molecule has 1 fully saturated rings. The highest BCUT2D eigenvalue weighted by atomic mass is 16.5. The maximum absolute atomic E-state index is 11.9. The number of nitrogens with one attached hydrogen (secondary N) is 1. The number of carboxylic acid groups (broad SMARTS) is 1. The zero-order chi connectivity index (χ0) is 13.5. The molecule has 6 nitrogen and oxygen atoms in total. The molecule has 2 unspecified atom stereocenters. The Hall–Kier alpha value is -1.30. The van der Waals surface area contributed by atoms with E-state index in [1.54, 1.807) is 11.8 Å². The molecule has 0 saturated carbocycles. The van der Waals surface area contributed by atoms with Gasteiger partial charge in [-0.15, -0.1) is 0 Å². The molecule has 1 saturated heterocycles. The standard InChI is InChI=1S/C12H22N2O4/c1-3-10-8-14(5-4-6-18-10)12(17)13-7-9(2)11(15)16/h9-10H,3-8H2,1-2H3,(H,13,17)(H,15,16). The Bertz CT molecular complexity index is 296. The Balaban J connectivity index is 2.42. The minimum absolute atomic E-state index is 0.0788. The number of carbonyl (C=O) groups is 2. The van der Waals surface area contributed by atoms with E-state index in [1.807, 2.05) is 6.92 Å². The van der Waals surface area contributed by atoms with Gasteiger partial charge in [0.1, 0.15) is 0 Å². The molecule has 6 heteroatoms. The van der Waals surface area contributed by atoms with Crippen LogP contribution >= 0.6 is 0 Å². The van der Waals surface area contributed by atoms with E-state index in [-0.39, 0.29) is 18.7 Å². The predicted octanol–water partition coefficient (Wildman–Crippen LogP) is 0.918. The highest BCUT2D eigenvalue weighted by Crippen LogP contribution is 2.08. The van der Waals surface area contributed by atoms with Crippen LogP contribution in [0, 0.1) is 5.92 Å². The van der Waals surface area contributed by atoms with Gasteiger partial charge in [-0.05, 0) is 12.8 Å². The van der Waals surface area contributed by atoms with Gasteiger partial charge in [0.15, 0.2) is 0 Å². The quantitative estimate of drug-likeness (QED) is 0.786. The number of nitrogens with zero attached hydrogens (tertiary/aromatic N) is 1. The lowest BCUT2D eigenvalue weighted by Crippen LogP contribution is -2.45. The monoisotopic (exact) mass is 258 g/mol. The van der Waals surface area contributed by atoms with Gasteiger partial charge in [0, 0.05) is 26.2 Å². The van der Waals surface area contributed by atoms with Crippen molar-refractivity contribution in [3.8, 4) is 0 Å². The number of ether oxygens (including phenoxy) is 1. The van der Waals surface area contributed by atoms with Gasteiger partial charge >= 0.3 is 12.0 Å². The van der Waals surface area contributed by atoms with Crippen molar-refractivity contribution in [1.82, 2.24) is 10.2 Å². The Morgan fingerprint density at radius 1 is 1.56 bits per heavy atom. The zero-order valence-corrected chi connectivity index (χ0v) is 11.0. The lowest BCUT2D eigenvalue weighted by atomic mass is 10.2. The molecule has 0 spiro atoms. The van der Waals surface area contributed by atoms with Crippen LogP contribution in [-0.4, -0.2) is 54.4 Å². The SMILES string of the molecule is CCC1CN(C(=O)NCC(C)C(=O)O)CCCO1. The Morgan fingerprint density at radius 2 is 2.28 bits per heavy atom. The first-order chi connectivity index (χ1) is 8.54. The van der Waals surface area contributed by atoms with Gasteiger partial charge in [0.05, 0.1) is 12.0 Å². The molecule has 0 aliphatic carbocycles. The summed E-state index contributed by atoms with van der Waals surface area (Å²) in [4.78, 5) is 24.3. The van der Waals surface area contributed by atoms with Gasteiger partial charge in [0.25, 0.3) is 0 Å². The Kier molecular flexibility index (Phi) is 5.91. The van der Waals surface area contributed by atoms with Crippen LogP contribution in [0.1, 0.15) is 26.7 Å². The fourth-order valence-electron chi connectivity index (χ4n) is 1.77. The summed E-state index contributed by atoms with van der Waals surface area (Å²) in [5.74, 6) is -1.47. The highest BCUT2D eigenvalue weighted by Gasteiger charge is 2.22. The molecule has 2 amide bonds. The number of carboxylic acids is 1. The van der Waals surface area contributed by atoms with Crippen molar-refractivity contribution in [2.24, 2.45) is 5.92 Å². The second kappa shape index (κ2) is 7.20. The smallest absolute Gasteiger partial charge is 0.317 e. The maximum Gasteiger partial charge on any atom is 0.317 e. The van der Waals surface area contributed by atoms with Crippen LogP contribution in [-0.2, 0) is 9.53 Å². The number of carbonyl (C=O) groups excluding carboxylic acids is 1. The Labute approximate surface area is 107 Å². The molecule has 2 atom stereocenters. The van der Waals surface area contributed by atoms with E-state index in [0.29, 0.717) is 19.7 Å². The molecular weight excluding hydrogens is 236 g/mol. The molecule has 1 heterocycles. The van der Waals surface area contributed by atoms with E-state index < -0.39 is 11.9 Å². The third-order valence-corrected chi connectivity index (χ3v) is 3.07. The molecule has 1 aliphatic rings. The van der Waals surface area contributed by atoms with Gasteiger partial charge < -0.3 is 20.1 Å². The first kappa shape index (κ1) is 14.8. The van der Waals surface area contributed by atoms with Gasteiger partial charge in [-0.3, -0.25) is 4.79 Å².